The molecule has 0 atom stereocenters. The molecule has 0 fully saturated rings. The Kier molecular flexibility index (Phi) is 1.31. The van der Waals surface area contributed by atoms with Gasteiger partial charge < -0.3 is 0 Å². The minimum absolute atomic E-state index is 0.936. The Balaban J connectivity index is 2.65. The summed E-state index contributed by atoms with van der Waals surface area (Å²) in [6, 6.07) is 5.96. The first kappa shape index (κ1) is 6.91. The highest BCUT2D eigenvalue weighted by molar-refractivity contribution is 7.03. The lowest BCUT2D eigenvalue weighted by Gasteiger charge is -1.94. The second-order valence-corrected chi connectivity index (χ2v) is 3.40. The molecule has 3 rings (SSSR count). The van der Waals surface area contributed by atoms with Gasteiger partial charge in [-0.3, -0.25) is 0 Å². The van der Waals surface area contributed by atoms with Gasteiger partial charge in [-0.15, -0.1) is 0 Å². The van der Waals surface area contributed by atoms with Crippen LogP contribution in [0.1, 0.15) is 0 Å². The lowest BCUT2D eigenvalue weighted by atomic mass is 10.2. The van der Waals surface area contributed by atoms with Gasteiger partial charge in [-0.2, -0.15) is 4.37 Å². The second-order valence-electron chi connectivity index (χ2n) is 2.74. The maximum atomic E-state index is 4.28. The zero-order valence-electron chi connectivity index (χ0n) is 6.64. The first-order chi connectivity index (χ1) is 6.45. The van der Waals surface area contributed by atoms with Crippen LogP contribution in [-0.2, 0) is 0 Å². The summed E-state index contributed by atoms with van der Waals surface area (Å²) in [6.45, 7) is 0. The molecule has 0 bridgehead atoms. The van der Waals surface area contributed by atoms with E-state index >= 15 is 0 Å². The Morgan fingerprint density at radius 3 is 2.92 bits per heavy atom. The van der Waals surface area contributed by atoms with Gasteiger partial charge in [0.15, 0.2) is 0 Å². The molecule has 0 aliphatic carbocycles. The number of hydrogen-bond donors (Lipinski definition) is 0. The number of imidazole rings is 1. The van der Waals surface area contributed by atoms with E-state index in [1.807, 2.05) is 23.6 Å². The number of rotatable bonds is 0. The molecule has 62 valence electrons. The van der Waals surface area contributed by atoms with Crippen molar-refractivity contribution in [2.75, 3.05) is 0 Å². The summed E-state index contributed by atoms with van der Waals surface area (Å²) < 4.78 is 4.28. The molecule has 0 aliphatic rings. The van der Waals surface area contributed by atoms with Crippen molar-refractivity contribution in [2.24, 2.45) is 0 Å². The van der Waals surface area contributed by atoms with Gasteiger partial charge in [-0.1, -0.05) is 0 Å². The van der Waals surface area contributed by atoms with Crippen molar-refractivity contribution >= 4 is 33.5 Å². The molecule has 0 radical (unpaired) electrons. The van der Waals surface area contributed by atoms with Crippen LogP contribution in [0.25, 0.3) is 21.9 Å². The highest BCUT2D eigenvalue weighted by Gasteiger charge is 2.02. The normalized spacial score (nSPS) is 11.1. The Morgan fingerprint density at radius 1 is 1.00 bits per heavy atom. The van der Waals surface area contributed by atoms with Crippen LogP contribution in [0.4, 0.5) is 0 Å². The molecule has 2 aromatic heterocycles. The monoisotopic (exact) mass is 187 g/mol. The molecule has 3 nitrogen and oxygen atoms in total. The van der Waals surface area contributed by atoms with Crippen LogP contribution < -0.4 is 0 Å². The molecule has 0 saturated heterocycles. The number of fused-ring (bicyclic) bond motifs is 3. The van der Waals surface area contributed by atoms with Crippen LogP contribution in [0.5, 0.6) is 0 Å². The molecule has 0 amide bonds. The zero-order chi connectivity index (χ0) is 8.67. The topological polar surface area (TPSA) is 38.7 Å². The molecule has 0 spiro atoms. The third kappa shape index (κ3) is 0.922. The van der Waals surface area contributed by atoms with Crippen LogP contribution in [0.2, 0.25) is 0 Å². The van der Waals surface area contributed by atoms with Crippen molar-refractivity contribution in [3.8, 4) is 0 Å². The largest absolute Gasteiger partial charge is 0.235 e. The summed E-state index contributed by atoms with van der Waals surface area (Å²) >= 11 is 1.45. The first-order valence-corrected chi connectivity index (χ1v) is 4.72. The Bertz CT molecular complexity index is 573. The predicted molar refractivity (Wildman–Crippen MR) is 52.7 cm³/mol. The summed E-state index contributed by atoms with van der Waals surface area (Å²) in [5.41, 5.74) is 2.86. The summed E-state index contributed by atoms with van der Waals surface area (Å²) in [6.07, 6.45) is 1.58. The van der Waals surface area contributed by atoms with Gasteiger partial charge in [-0.25, -0.2) is 9.97 Å². The molecule has 0 N–H and O–H groups in total. The van der Waals surface area contributed by atoms with E-state index < -0.39 is 0 Å². The second kappa shape index (κ2) is 2.47. The van der Waals surface area contributed by atoms with E-state index in [9.17, 15) is 0 Å². The van der Waals surface area contributed by atoms with Crippen molar-refractivity contribution < 1.29 is 0 Å². The molecule has 0 saturated carbocycles. The number of benzene rings is 1. The van der Waals surface area contributed by atoms with Crippen LogP contribution in [0.3, 0.4) is 0 Å². The molecule has 4 heteroatoms. The van der Waals surface area contributed by atoms with E-state index in [2.05, 4.69) is 14.3 Å². The highest BCUT2D eigenvalue weighted by atomic mass is 32.1. The lowest BCUT2D eigenvalue weighted by Crippen LogP contribution is -1.76. The summed E-state index contributed by atoms with van der Waals surface area (Å²) in [5.74, 6) is 0. The van der Waals surface area contributed by atoms with Gasteiger partial charge in [0.1, 0.15) is 6.33 Å². The minimum atomic E-state index is 0.936. The predicted octanol–water partition coefficient (Wildman–Crippen LogP) is 2.24. The maximum absolute atomic E-state index is 4.28. The number of nitrogens with zero attached hydrogens (tertiary/aromatic N) is 3. The fraction of sp³-hybridized carbons (Fsp3) is 0. The van der Waals surface area contributed by atoms with Crippen LogP contribution in [0, 0.1) is 0 Å². The minimum Gasteiger partial charge on any atom is -0.235 e. The van der Waals surface area contributed by atoms with Crippen molar-refractivity contribution in [2.45, 2.75) is 0 Å². The van der Waals surface area contributed by atoms with Gasteiger partial charge in [0, 0.05) is 10.8 Å². The van der Waals surface area contributed by atoms with E-state index in [0.717, 1.165) is 21.9 Å². The van der Waals surface area contributed by atoms with E-state index in [1.165, 1.54) is 11.5 Å². The summed E-state index contributed by atoms with van der Waals surface area (Å²) in [7, 11) is 0. The molecular formula is C9H5N3S. The Hall–Kier alpha value is -1.55. The van der Waals surface area contributed by atoms with Crippen molar-refractivity contribution in [3.63, 3.8) is 0 Å². The molecule has 0 unspecified atom stereocenters. The van der Waals surface area contributed by atoms with Gasteiger partial charge in [0.2, 0.25) is 0 Å². The third-order valence-electron chi connectivity index (χ3n) is 2.00. The Labute approximate surface area is 78.2 Å². The quantitative estimate of drug-likeness (QED) is 0.541. The van der Waals surface area contributed by atoms with E-state index in [4.69, 9.17) is 0 Å². The highest BCUT2D eigenvalue weighted by Crippen LogP contribution is 2.21. The summed E-state index contributed by atoms with van der Waals surface area (Å²) in [5, 5.41) is 3.03. The molecule has 1 aromatic carbocycles. The number of aromatic nitrogens is 3. The maximum Gasteiger partial charge on any atom is 0.116 e. The van der Waals surface area contributed by atoms with Crippen molar-refractivity contribution in [1.82, 2.24) is 14.3 Å². The van der Waals surface area contributed by atoms with Gasteiger partial charge in [0.25, 0.3) is 0 Å². The van der Waals surface area contributed by atoms with E-state index in [0.29, 0.717) is 0 Å². The van der Waals surface area contributed by atoms with Crippen molar-refractivity contribution in [3.05, 3.63) is 29.9 Å². The molecule has 3 aromatic rings. The summed E-state index contributed by atoms with van der Waals surface area (Å²) in [4.78, 5) is 8.33. The lowest BCUT2D eigenvalue weighted by molar-refractivity contribution is 1.35. The third-order valence-corrected chi connectivity index (χ3v) is 2.56. The van der Waals surface area contributed by atoms with Crippen LogP contribution in [-0.4, -0.2) is 14.3 Å². The molecule has 2 heterocycles. The van der Waals surface area contributed by atoms with Gasteiger partial charge in [0.05, 0.1) is 16.6 Å². The van der Waals surface area contributed by atoms with Gasteiger partial charge >= 0.3 is 0 Å². The first-order valence-electron chi connectivity index (χ1n) is 3.89. The SMILES string of the molecule is c1nc2ccc3nsccc3c2n1. The van der Waals surface area contributed by atoms with Crippen molar-refractivity contribution in [1.29, 1.82) is 0 Å². The molecular weight excluding hydrogens is 182 g/mol. The fourth-order valence-electron chi connectivity index (χ4n) is 1.40. The number of hydrogen-bond acceptors (Lipinski definition) is 4. The smallest absolute Gasteiger partial charge is 0.116 e. The van der Waals surface area contributed by atoms with Gasteiger partial charge in [-0.05, 0) is 29.7 Å². The molecule has 0 aliphatic heterocycles. The standard InChI is InChI=1S/C9H5N3S/c1-2-8-9(11-5-10-8)6-3-4-13-12-7(1)6/h1-5H. The van der Waals surface area contributed by atoms with E-state index in [1.54, 1.807) is 6.33 Å². The molecule has 13 heavy (non-hydrogen) atoms. The Morgan fingerprint density at radius 2 is 1.92 bits per heavy atom. The van der Waals surface area contributed by atoms with Crippen LogP contribution in [0.15, 0.2) is 29.9 Å². The van der Waals surface area contributed by atoms with E-state index in [-0.39, 0.29) is 0 Å². The average molecular weight is 187 g/mol. The average Bonchev–Trinajstić information content (AvgIpc) is 2.65. The van der Waals surface area contributed by atoms with Crippen LogP contribution >= 0.6 is 11.5 Å². The zero-order valence-corrected chi connectivity index (χ0v) is 7.45. The fourth-order valence-corrected chi connectivity index (χ4v) is 1.93.